The number of hydrogen-bond donors (Lipinski definition) is 1. The molecule has 1 fully saturated rings. The van der Waals surface area contributed by atoms with Crippen molar-refractivity contribution < 1.29 is 24.2 Å². The summed E-state index contributed by atoms with van der Waals surface area (Å²) in [6, 6.07) is -0.621. The topological polar surface area (TPSA) is 102 Å². The molecule has 1 aromatic heterocycles. The van der Waals surface area contributed by atoms with E-state index in [4.69, 9.17) is 9.84 Å². The number of carboxylic acids is 1. The number of hydrogen-bond acceptors (Lipinski definition) is 5. The maximum absolute atomic E-state index is 12.6. The summed E-state index contributed by atoms with van der Waals surface area (Å²) in [6.07, 6.45) is 3.99. The Kier molecular flexibility index (Phi) is 5.36. The van der Waals surface area contributed by atoms with E-state index in [0.29, 0.717) is 26.1 Å². The van der Waals surface area contributed by atoms with Gasteiger partial charge < -0.3 is 14.7 Å². The third kappa shape index (κ3) is 3.88. The van der Waals surface area contributed by atoms with Crippen LogP contribution in [-0.2, 0) is 14.3 Å². The molecule has 2 atom stereocenters. The molecule has 0 aromatic carbocycles. The van der Waals surface area contributed by atoms with Gasteiger partial charge >= 0.3 is 11.9 Å². The molecule has 0 saturated carbocycles. The summed E-state index contributed by atoms with van der Waals surface area (Å²) in [4.78, 5) is 36.9. The lowest BCUT2D eigenvalue weighted by Gasteiger charge is -2.33. The van der Waals surface area contributed by atoms with Gasteiger partial charge in [0.2, 0.25) is 5.91 Å². The molecular formula is C15H21N3O5. The lowest BCUT2D eigenvalue weighted by molar-refractivity contribution is -0.151. The van der Waals surface area contributed by atoms with Gasteiger partial charge in [0, 0.05) is 19.3 Å². The minimum absolute atomic E-state index is 0.0349. The maximum atomic E-state index is 12.6. The minimum Gasteiger partial charge on any atom is -0.478 e. The predicted octanol–water partition coefficient (Wildman–Crippen LogP) is 0.944. The molecule has 1 N–H and O–H groups in total. The van der Waals surface area contributed by atoms with Crippen LogP contribution < -0.4 is 0 Å². The number of aromatic carboxylic acids is 1. The molecule has 2 heterocycles. The van der Waals surface area contributed by atoms with Gasteiger partial charge in [-0.3, -0.25) is 14.3 Å². The van der Waals surface area contributed by atoms with Crippen molar-refractivity contribution >= 4 is 17.8 Å². The summed E-state index contributed by atoms with van der Waals surface area (Å²) in [7, 11) is 0. The second kappa shape index (κ2) is 7.26. The van der Waals surface area contributed by atoms with E-state index in [9.17, 15) is 14.4 Å². The number of carboxylic acid groups (broad SMARTS) is 1. The molecule has 23 heavy (non-hydrogen) atoms. The first-order chi connectivity index (χ1) is 10.9. The molecular weight excluding hydrogens is 302 g/mol. The normalized spacial score (nSPS) is 19.2. The molecule has 0 radical (unpaired) electrons. The van der Waals surface area contributed by atoms with Crippen molar-refractivity contribution in [2.45, 2.75) is 32.7 Å². The standard InChI is InChI=1S/C15H21N3O5/c1-3-23-15(22)11-5-4-6-17(8-11)13(19)10(2)18-9-12(7-16-18)14(20)21/h7,9-11H,3-6,8H2,1-2H3,(H,20,21). The molecule has 0 bridgehead atoms. The average molecular weight is 323 g/mol. The molecule has 0 aliphatic carbocycles. The van der Waals surface area contributed by atoms with Crippen molar-refractivity contribution in [1.29, 1.82) is 0 Å². The van der Waals surface area contributed by atoms with Crippen LogP contribution in [0.2, 0.25) is 0 Å². The third-order valence-corrected chi connectivity index (χ3v) is 3.96. The number of amides is 1. The van der Waals surface area contributed by atoms with E-state index in [-0.39, 0.29) is 23.4 Å². The number of likely N-dealkylation sites (tertiary alicyclic amines) is 1. The summed E-state index contributed by atoms with van der Waals surface area (Å²) in [6.45, 7) is 4.64. The van der Waals surface area contributed by atoms with E-state index in [1.54, 1.807) is 18.7 Å². The maximum Gasteiger partial charge on any atom is 0.338 e. The highest BCUT2D eigenvalue weighted by Gasteiger charge is 2.32. The molecule has 2 unspecified atom stereocenters. The lowest BCUT2D eigenvalue weighted by atomic mass is 9.97. The number of piperidine rings is 1. The SMILES string of the molecule is CCOC(=O)C1CCCN(C(=O)C(C)n2cc(C(=O)O)cn2)C1. The molecule has 1 aromatic rings. The van der Waals surface area contributed by atoms with E-state index in [0.717, 1.165) is 6.42 Å². The molecule has 0 spiro atoms. The third-order valence-electron chi connectivity index (χ3n) is 3.96. The smallest absolute Gasteiger partial charge is 0.338 e. The summed E-state index contributed by atoms with van der Waals surface area (Å²) < 4.78 is 6.36. The Morgan fingerprint density at radius 2 is 2.22 bits per heavy atom. The van der Waals surface area contributed by atoms with Gasteiger partial charge in [-0.25, -0.2) is 4.79 Å². The second-order valence-electron chi connectivity index (χ2n) is 5.57. The number of ether oxygens (including phenoxy) is 1. The van der Waals surface area contributed by atoms with Crippen LogP contribution in [0.3, 0.4) is 0 Å². The van der Waals surface area contributed by atoms with Gasteiger partial charge in [0.1, 0.15) is 6.04 Å². The monoisotopic (exact) mass is 323 g/mol. The number of carbonyl (C=O) groups is 3. The van der Waals surface area contributed by atoms with Gasteiger partial charge in [-0.1, -0.05) is 0 Å². The molecule has 8 nitrogen and oxygen atoms in total. The van der Waals surface area contributed by atoms with E-state index >= 15 is 0 Å². The highest BCUT2D eigenvalue weighted by molar-refractivity contribution is 5.87. The average Bonchev–Trinajstić information content (AvgIpc) is 3.04. The Morgan fingerprint density at radius 1 is 1.48 bits per heavy atom. The molecule has 1 saturated heterocycles. The molecule has 2 rings (SSSR count). The zero-order chi connectivity index (χ0) is 17.0. The number of carbonyl (C=O) groups excluding carboxylic acids is 2. The highest BCUT2D eigenvalue weighted by Crippen LogP contribution is 2.21. The van der Waals surface area contributed by atoms with Crippen LogP contribution in [0.1, 0.15) is 43.1 Å². The van der Waals surface area contributed by atoms with Crippen molar-refractivity contribution in [1.82, 2.24) is 14.7 Å². The van der Waals surface area contributed by atoms with Crippen LogP contribution in [0.25, 0.3) is 0 Å². The van der Waals surface area contributed by atoms with Gasteiger partial charge in [-0.15, -0.1) is 0 Å². The first-order valence-electron chi connectivity index (χ1n) is 7.67. The van der Waals surface area contributed by atoms with Gasteiger partial charge in [-0.05, 0) is 26.7 Å². The first kappa shape index (κ1) is 17.0. The van der Waals surface area contributed by atoms with Crippen LogP contribution in [0, 0.1) is 5.92 Å². The lowest BCUT2D eigenvalue weighted by Crippen LogP contribution is -2.45. The fourth-order valence-corrected chi connectivity index (χ4v) is 2.67. The first-order valence-corrected chi connectivity index (χ1v) is 7.67. The van der Waals surface area contributed by atoms with E-state index in [2.05, 4.69) is 5.10 Å². The number of aromatic nitrogens is 2. The van der Waals surface area contributed by atoms with E-state index < -0.39 is 12.0 Å². The molecule has 126 valence electrons. The van der Waals surface area contributed by atoms with Crippen LogP contribution in [0.15, 0.2) is 12.4 Å². The van der Waals surface area contributed by atoms with Crippen LogP contribution in [0.4, 0.5) is 0 Å². The number of esters is 1. The van der Waals surface area contributed by atoms with Crippen molar-refractivity contribution in [3.05, 3.63) is 18.0 Å². The van der Waals surface area contributed by atoms with Crippen molar-refractivity contribution in [2.75, 3.05) is 19.7 Å². The largest absolute Gasteiger partial charge is 0.478 e. The second-order valence-corrected chi connectivity index (χ2v) is 5.57. The Bertz CT molecular complexity index is 598. The summed E-state index contributed by atoms with van der Waals surface area (Å²) in [5, 5.41) is 12.8. The van der Waals surface area contributed by atoms with Gasteiger partial charge in [0.15, 0.2) is 0 Å². The van der Waals surface area contributed by atoms with Crippen LogP contribution >= 0.6 is 0 Å². The molecule has 1 aliphatic rings. The van der Waals surface area contributed by atoms with Gasteiger partial charge in [0.05, 0.1) is 24.3 Å². The summed E-state index contributed by atoms with van der Waals surface area (Å²) >= 11 is 0. The summed E-state index contributed by atoms with van der Waals surface area (Å²) in [5.74, 6) is -1.84. The van der Waals surface area contributed by atoms with Crippen molar-refractivity contribution in [2.24, 2.45) is 5.92 Å². The number of nitrogens with zero attached hydrogens (tertiary/aromatic N) is 3. The quantitative estimate of drug-likeness (QED) is 0.809. The zero-order valence-corrected chi connectivity index (χ0v) is 13.3. The zero-order valence-electron chi connectivity index (χ0n) is 13.3. The summed E-state index contributed by atoms with van der Waals surface area (Å²) in [5.41, 5.74) is 0.0349. The van der Waals surface area contributed by atoms with Crippen molar-refractivity contribution in [3.8, 4) is 0 Å². The van der Waals surface area contributed by atoms with E-state index in [1.807, 2.05) is 0 Å². The molecule has 1 amide bonds. The van der Waals surface area contributed by atoms with Crippen LogP contribution in [-0.4, -0.2) is 57.3 Å². The molecule has 8 heteroatoms. The Labute approximate surface area is 134 Å². The minimum atomic E-state index is -1.09. The van der Waals surface area contributed by atoms with E-state index in [1.165, 1.54) is 17.1 Å². The fourth-order valence-electron chi connectivity index (χ4n) is 2.67. The Hall–Kier alpha value is -2.38. The predicted molar refractivity (Wildman–Crippen MR) is 79.8 cm³/mol. The highest BCUT2D eigenvalue weighted by atomic mass is 16.5. The van der Waals surface area contributed by atoms with Crippen LogP contribution in [0.5, 0.6) is 0 Å². The Balaban J connectivity index is 2.03. The van der Waals surface area contributed by atoms with Gasteiger partial charge in [0.25, 0.3) is 0 Å². The number of rotatable bonds is 5. The van der Waals surface area contributed by atoms with Gasteiger partial charge in [-0.2, -0.15) is 5.10 Å². The fraction of sp³-hybridized carbons (Fsp3) is 0.600. The van der Waals surface area contributed by atoms with Crippen molar-refractivity contribution in [3.63, 3.8) is 0 Å². The Morgan fingerprint density at radius 3 is 2.83 bits per heavy atom. The molecule has 1 aliphatic heterocycles.